The highest BCUT2D eigenvalue weighted by molar-refractivity contribution is 7.19. The smallest absolute Gasteiger partial charge is 0.146 e. The Morgan fingerprint density at radius 1 is 0.684 bits per heavy atom. The van der Waals surface area contributed by atoms with Gasteiger partial charge in [-0.25, -0.2) is 9.98 Å². The second kappa shape index (κ2) is 11.0. The van der Waals surface area contributed by atoms with Gasteiger partial charge in [-0.2, -0.15) is 0 Å². The van der Waals surface area contributed by atoms with E-state index in [1.807, 2.05) is 12.1 Å². The minimum absolute atomic E-state index is 0.909. The van der Waals surface area contributed by atoms with Crippen molar-refractivity contribution in [2.45, 2.75) is 6.92 Å². The van der Waals surface area contributed by atoms with Gasteiger partial charge in [-0.15, -0.1) is 0 Å². The maximum Gasteiger partial charge on any atom is 0.146 e. The molecule has 0 N–H and O–H groups in total. The van der Waals surface area contributed by atoms with Gasteiger partial charge in [0.25, 0.3) is 0 Å². The Kier molecular flexibility index (Phi) is 7.01. The van der Waals surface area contributed by atoms with E-state index in [1.54, 1.807) is 11.3 Å². The number of benzene rings is 4. The minimum atomic E-state index is 0.909. The predicted molar refractivity (Wildman–Crippen MR) is 161 cm³/mol. The molecule has 188 valence electrons. The summed E-state index contributed by atoms with van der Waals surface area (Å²) in [5.41, 5.74) is 6.80. The third-order valence-electron chi connectivity index (χ3n) is 6.89. The normalized spacial score (nSPS) is 14.1. The molecule has 0 unspecified atom stereocenters. The second-order valence-electron chi connectivity index (χ2n) is 9.52. The molecule has 1 fully saturated rings. The van der Waals surface area contributed by atoms with Crippen LogP contribution in [-0.2, 0) is 0 Å². The number of rotatable bonds is 5. The molecular formula is C33H30N4S. The highest BCUT2D eigenvalue weighted by atomic mass is 32.1. The molecule has 2 heterocycles. The number of aryl methyl sites for hydroxylation is 1. The third kappa shape index (κ3) is 5.24. The Morgan fingerprint density at radius 3 is 1.89 bits per heavy atom. The van der Waals surface area contributed by atoms with E-state index in [2.05, 4.69) is 120 Å². The number of hydrogen-bond acceptors (Lipinski definition) is 4. The number of amidine groups is 1. The van der Waals surface area contributed by atoms with E-state index in [1.165, 1.54) is 11.3 Å². The van der Waals surface area contributed by atoms with Gasteiger partial charge in [0.05, 0.1) is 0 Å². The zero-order chi connectivity index (χ0) is 25.7. The highest BCUT2D eigenvalue weighted by Crippen LogP contribution is 2.40. The fourth-order valence-corrected chi connectivity index (χ4v) is 5.77. The lowest BCUT2D eigenvalue weighted by molar-refractivity contribution is 0.386. The van der Waals surface area contributed by atoms with Crippen LogP contribution in [0.15, 0.2) is 120 Å². The first kappa shape index (κ1) is 24.1. The van der Waals surface area contributed by atoms with Gasteiger partial charge in [0.2, 0.25) is 0 Å². The van der Waals surface area contributed by atoms with Crippen LogP contribution in [0.3, 0.4) is 0 Å². The van der Waals surface area contributed by atoms with Crippen LogP contribution in [-0.4, -0.2) is 41.9 Å². The van der Waals surface area contributed by atoms with Crippen LogP contribution in [0.5, 0.6) is 0 Å². The number of aromatic nitrogens is 1. The molecule has 5 aromatic rings. The summed E-state index contributed by atoms with van der Waals surface area (Å²) < 4.78 is 0. The summed E-state index contributed by atoms with van der Waals surface area (Å²) >= 11 is 1.66. The maximum atomic E-state index is 5.38. The lowest BCUT2D eigenvalue weighted by Crippen LogP contribution is -2.49. The summed E-state index contributed by atoms with van der Waals surface area (Å²) in [4.78, 5) is 15.4. The zero-order valence-electron chi connectivity index (χ0n) is 21.5. The molecule has 1 aromatic heterocycles. The first-order chi connectivity index (χ1) is 18.7. The molecule has 1 aliphatic rings. The Balaban J connectivity index is 1.41. The standard InChI is InChI=1S/C33H30N4S/c1-25-17-19-27(20-18-25)31(37-23-21-36(22-24-37)29-15-9-4-10-16-29)35-33-30(26-11-5-2-6-12-26)34-32(38-33)28-13-7-3-8-14-28/h2-20H,21-24H2,1H3. The largest absolute Gasteiger partial charge is 0.368 e. The molecule has 0 radical (unpaired) electrons. The van der Waals surface area contributed by atoms with Crippen LogP contribution in [0.2, 0.25) is 0 Å². The molecule has 0 aliphatic carbocycles. The van der Waals surface area contributed by atoms with Gasteiger partial charge in [-0.3, -0.25) is 0 Å². The topological polar surface area (TPSA) is 31.7 Å². The molecule has 1 saturated heterocycles. The van der Waals surface area contributed by atoms with E-state index in [-0.39, 0.29) is 0 Å². The van der Waals surface area contributed by atoms with E-state index in [4.69, 9.17) is 9.98 Å². The summed E-state index contributed by atoms with van der Waals surface area (Å²) in [6, 6.07) is 40.2. The van der Waals surface area contributed by atoms with Crippen molar-refractivity contribution in [3.8, 4) is 21.8 Å². The molecule has 0 spiro atoms. The first-order valence-corrected chi connectivity index (χ1v) is 13.9. The van der Waals surface area contributed by atoms with Crippen molar-refractivity contribution in [3.05, 3.63) is 126 Å². The summed E-state index contributed by atoms with van der Waals surface area (Å²) in [6.45, 7) is 5.86. The summed E-state index contributed by atoms with van der Waals surface area (Å²) in [6.07, 6.45) is 0. The number of aliphatic imine (C=N–C) groups is 1. The summed E-state index contributed by atoms with van der Waals surface area (Å²) in [7, 11) is 0. The van der Waals surface area contributed by atoms with Crippen LogP contribution in [0.25, 0.3) is 21.8 Å². The molecule has 5 heteroatoms. The SMILES string of the molecule is Cc1ccc(C(=Nc2sc(-c3ccccc3)nc2-c2ccccc2)N2CCN(c3ccccc3)CC2)cc1. The average Bonchev–Trinajstić information content (AvgIpc) is 3.42. The van der Waals surface area contributed by atoms with E-state index in [0.29, 0.717) is 0 Å². The lowest BCUT2D eigenvalue weighted by atomic mass is 10.1. The van der Waals surface area contributed by atoms with E-state index in [0.717, 1.165) is 64.4 Å². The van der Waals surface area contributed by atoms with Crippen LogP contribution >= 0.6 is 11.3 Å². The monoisotopic (exact) mass is 514 g/mol. The van der Waals surface area contributed by atoms with Gasteiger partial charge >= 0.3 is 0 Å². The molecule has 0 amide bonds. The number of anilines is 1. The van der Waals surface area contributed by atoms with Crippen molar-refractivity contribution in [3.63, 3.8) is 0 Å². The summed E-state index contributed by atoms with van der Waals surface area (Å²) in [5.74, 6) is 1.01. The van der Waals surface area contributed by atoms with E-state index in [9.17, 15) is 0 Å². The number of piperazine rings is 1. The van der Waals surface area contributed by atoms with Crippen LogP contribution in [0.1, 0.15) is 11.1 Å². The molecule has 4 aromatic carbocycles. The highest BCUT2D eigenvalue weighted by Gasteiger charge is 2.23. The van der Waals surface area contributed by atoms with Crippen molar-refractivity contribution >= 4 is 27.9 Å². The van der Waals surface area contributed by atoms with Crippen LogP contribution < -0.4 is 4.90 Å². The van der Waals surface area contributed by atoms with Gasteiger partial charge in [0, 0.05) is 48.6 Å². The Labute approximate surface area is 228 Å². The molecule has 0 saturated carbocycles. The minimum Gasteiger partial charge on any atom is -0.368 e. The predicted octanol–water partition coefficient (Wildman–Crippen LogP) is 7.69. The van der Waals surface area contributed by atoms with Gasteiger partial charge in [0.1, 0.15) is 21.5 Å². The van der Waals surface area contributed by atoms with Crippen molar-refractivity contribution < 1.29 is 0 Å². The summed E-state index contributed by atoms with van der Waals surface area (Å²) in [5, 5.41) is 1.93. The fraction of sp³-hybridized carbons (Fsp3) is 0.152. The fourth-order valence-electron chi connectivity index (χ4n) is 4.81. The van der Waals surface area contributed by atoms with Crippen molar-refractivity contribution in [2.75, 3.05) is 31.1 Å². The Morgan fingerprint density at radius 2 is 1.26 bits per heavy atom. The first-order valence-electron chi connectivity index (χ1n) is 13.1. The van der Waals surface area contributed by atoms with E-state index >= 15 is 0 Å². The Hall–Kier alpha value is -4.22. The van der Waals surface area contributed by atoms with Gasteiger partial charge < -0.3 is 9.80 Å². The number of nitrogens with zero attached hydrogens (tertiary/aromatic N) is 4. The molecule has 38 heavy (non-hydrogen) atoms. The molecule has 0 bridgehead atoms. The Bertz CT molecular complexity index is 1500. The zero-order valence-corrected chi connectivity index (χ0v) is 22.3. The number of hydrogen-bond donors (Lipinski definition) is 0. The number of para-hydroxylation sites is 1. The second-order valence-corrected chi connectivity index (χ2v) is 10.5. The van der Waals surface area contributed by atoms with E-state index < -0.39 is 0 Å². The number of thiazole rings is 1. The third-order valence-corrected chi connectivity index (χ3v) is 7.89. The molecule has 4 nitrogen and oxygen atoms in total. The van der Waals surface area contributed by atoms with Crippen molar-refractivity contribution in [1.29, 1.82) is 0 Å². The average molecular weight is 515 g/mol. The van der Waals surface area contributed by atoms with Crippen LogP contribution in [0.4, 0.5) is 10.7 Å². The van der Waals surface area contributed by atoms with Gasteiger partial charge in [0.15, 0.2) is 0 Å². The van der Waals surface area contributed by atoms with Crippen molar-refractivity contribution in [1.82, 2.24) is 9.88 Å². The van der Waals surface area contributed by atoms with Gasteiger partial charge in [-0.05, 0) is 19.1 Å². The van der Waals surface area contributed by atoms with Crippen molar-refractivity contribution in [2.24, 2.45) is 4.99 Å². The van der Waals surface area contributed by atoms with Gasteiger partial charge in [-0.1, -0.05) is 120 Å². The lowest BCUT2D eigenvalue weighted by Gasteiger charge is -2.37. The van der Waals surface area contributed by atoms with Crippen LogP contribution in [0, 0.1) is 6.92 Å². The quantitative estimate of drug-likeness (QED) is 0.178. The molecule has 6 rings (SSSR count). The maximum absolute atomic E-state index is 5.38. The molecule has 0 atom stereocenters. The molecule has 1 aliphatic heterocycles. The molecular weight excluding hydrogens is 484 g/mol.